The molecule has 0 spiro atoms. The second-order valence-corrected chi connectivity index (χ2v) is 5.42. The lowest BCUT2D eigenvalue weighted by Crippen LogP contribution is -2.39. The van der Waals surface area contributed by atoms with Gasteiger partial charge in [-0.2, -0.15) is 0 Å². The highest BCUT2D eigenvalue weighted by atomic mass is 16.2. The first kappa shape index (κ1) is 12.8. The second kappa shape index (κ2) is 4.70. The predicted octanol–water partition coefficient (Wildman–Crippen LogP) is 1.50. The highest BCUT2D eigenvalue weighted by molar-refractivity contribution is 5.94. The third-order valence-electron chi connectivity index (χ3n) is 3.68. The number of nitrogen functional groups attached to an aromatic ring is 1. The van der Waals surface area contributed by atoms with Crippen molar-refractivity contribution in [1.29, 1.82) is 0 Å². The Labute approximate surface area is 117 Å². The van der Waals surface area contributed by atoms with Crippen molar-refractivity contribution in [3.05, 3.63) is 36.2 Å². The number of carbonyl (C=O) groups is 1. The SMILES string of the molecule is CC(C)n1cc(N)cc1C(=O)N1CCn2ccnc2C1. The number of imidazole rings is 1. The van der Waals surface area contributed by atoms with Gasteiger partial charge in [-0.1, -0.05) is 0 Å². The minimum absolute atomic E-state index is 0.0182. The van der Waals surface area contributed by atoms with Crippen molar-refractivity contribution in [1.82, 2.24) is 19.0 Å². The third-order valence-corrected chi connectivity index (χ3v) is 3.68. The number of anilines is 1. The molecule has 0 fully saturated rings. The highest BCUT2D eigenvalue weighted by Crippen LogP contribution is 2.20. The number of carbonyl (C=O) groups excluding carboxylic acids is 1. The molecule has 6 nitrogen and oxygen atoms in total. The molecule has 1 aliphatic rings. The van der Waals surface area contributed by atoms with Gasteiger partial charge in [-0.3, -0.25) is 4.79 Å². The first-order valence-electron chi connectivity index (χ1n) is 6.83. The summed E-state index contributed by atoms with van der Waals surface area (Å²) >= 11 is 0. The summed E-state index contributed by atoms with van der Waals surface area (Å²) in [5.74, 6) is 0.949. The summed E-state index contributed by atoms with van der Waals surface area (Å²) < 4.78 is 4.01. The molecule has 0 atom stereocenters. The van der Waals surface area contributed by atoms with E-state index in [2.05, 4.69) is 9.55 Å². The van der Waals surface area contributed by atoms with Crippen LogP contribution in [0.5, 0.6) is 0 Å². The van der Waals surface area contributed by atoms with Gasteiger partial charge in [-0.25, -0.2) is 4.98 Å². The Morgan fingerprint density at radius 2 is 2.20 bits per heavy atom. The average molecular weight is 273 g/mol. The molecule has 3 rings (SSSR count). The van der Waals surface area contributed by atoms with E-state index in [0.717, 1.165) is 12.4 Å². The molecule has 0 aromatic carbocycles. The van der Waals surface area contributed by atoms with E-state index in [1.165, 1.54) is 0 Å². The van der Waals surface area contributed by atoms with Crippen molar-refractivity contribution in [2.24, 2.45) is 0 Å². The Balaban J connectivity index is 1.87. The van der Waals surface area contributed by atoms with Gasteiger partial charge in [-0.15, -0.1) is 0 Å². The molecule has 0 radical (unpaired) electrons. The van der Waals surface area contributed by atoms with Gasteiger partial charge in [0.25, 0.3) is 5.91 Å². The smallest absolute Gasteiger partial charge is 0.271 e. The van der Waals surface area contributed by atoms with Crippen LogP contribution < -0.4 is 5.73 Å². The van der Waals surface area contributed by atoms with Crippen molar-refractivity contribution in [2.75, 3.05) is 12.3 Å². The van der Waals surface area contributed by atoms with Gasteiger partial charge in [0.2, 0.25) is 0 Å². The number of nitrogens with two attached hydrogens (primary N) is 1. The molecule has 0 unspecified atom stereocenters. The van der Waals surface area contributed by atoms with Crippen molar-refractivity contribution >= 4 is 11.6 Å². The van der Waals surface area contributed by atoms with E-state index >= 15 is 0 Å². The number of hydrogen-bond acceptors (Lipinski definition) is 3. The average Bonchev–Trinajstić information content (AvgIpc) is 3.02. The Kier molecular flexibility index (Phi) is 3.00. The summed E-state index contributed by atoms with van der Waals surface area (Å²) in [5.41, 5.74) is 7.11. The monoisotopic (exact) mass is 273 g/mol. The minimum atomic E-state index is 0.0182. The van der Waals surface area contributed by atoms with Gasteiger partial charge in [0.1, 0.15) is 11.5 Å². The Morgan fingerprint density at radius 3 is 2.95 bits per heavy atom. The second-order valence-electron chi connectivity index (χ2n) is 5.42. The maximum Gasteiger partial charge on any atom is 0.271 e. The zero-order valence-corrected chi connectivity index (χ0v) is 11.8. The van der Waals surface area contributed by atoms with Crippen LogP contribution in [0.2, 0.25) is 0 Å². The number of fused-ring (bicyclic) bond motifs is 1. The maximum atomic E-state index is 12.7. The van der Waals surface area contributed by atoms with Crippen molar-refractivity contribution in [2.45, 2.75) is 33.0 Å². The molecule has 1 aliphatic heterocycles. The molecular weight excluding hydrogens is 254 g/mol. The number of rotatable bonds is 2. The molecule has 0 bridgehead atoms. The van der Waals surface area contributed by atoms with Gasteiger partial charge in [-0.05, 0) is 19.9 Å². The Hall–Kier alpha value is -2.24. The van der Waals surface area contributed by atoms with Gasteiger partial charge >= 0.3 is 0 Å². The van der Waals surface area contributed by atoms with Crippen LogP contribution in [0.4, 0.5) is 5.69 Å². The summed E-state index contributed by atoms with van der Waals surface area (Å²) in [5, 5.41) is 0. The fourth-order valence-corrected chi connectivity index (χ4v) is 2.61. The van der Waals surface area contributed by atoms with Crippen LogP contribution in [0.25, 0.3) is 0 Å². The summed E-state index contributed by atoms with van der Waals surface area (Å²) in [6, 6.07) is 1.96. The van der Waals surface area contributed by atoms with E-state index in [9.17, 15) is 4.79 Å². The quantitative estimate of drug-likeness (QED) is 0.901. The molecule has 0 aliphatic carbocycles. The molecule has 2 aromatic heterocycles. The third kappa shape index (κ3) is 2.07. The van der Waals surface area contributed by atoms with E-state index in [0.29, 0.717) is 24.5 Å². The number of amides is 1. The number of nitrogens with zero attached hydrogens (tertiary/aromatic N) is 4. The molecule has 2 N–H and O–H groups in total. The fraction of sp³-hybridized carbons (Fsp3) is 0.429. The van der Waals surface area contributed by atoms with Gasteiger partial charge in [0.15, 0.2) is 0 Å². The van der Waals surface area contributed by atoms with Crippen LogP contribution in [0.15, 0.2) is 24.7 Å². The molecule has 6 heteroatoms. The number of aromatic nitrogens is 3. The minimum Gasteiger partial charge on any atom is -0.397 e. The molecule has 20 heavy (non-hydrogen) atoms. The zero-order chi connectivity index (χ0) is 14.3. The van der Waals surface area contributed by atoms with Crippen molar-refractivity contribution in [3.8, 4) is 0 Å². The van der Waals surface area contributed by atoms with E-state index in [1.54, 1.807) is 12.3 Å². The van der Waals surface area contributed by atoms with Crippen LogP contribution >= 0.6 is 0 Å². The lowest BCUT2D eigenvalue weighted by molar-refractivity contribution is 0.0695. The van der Waals surface area contributed by atoms with E-state index in [1.807, 2.05) is 35.7 Å². The Morgan fingerprint density at radius 1 is 1.40 bits per heavy atom. The normalized spacial score (nSPS) is 14.7. The van der Waals surface area contributed by atoms with E-state index in [4.69, 9.17) is 5.73 Å². The molecular formula is C14H19N5O. The number of hydrogen-bond donors (Lipinski definition) is 1. The largest absolute Gasteiger partial charge is 0.397 e. The van der Waals surface area contributed by atoms with Crippen LogP contribution in [-0.4, -0.2) is 31.5 Å². The van der Waals surface area contributed by atoms with Gasteiger partial charge in [0, 0.05) is 37.7 Å². The summed E-state index contributed by atoms with van der Waals surface area (Å²) in [7, 11) is 0. The molecule has 1 amide bonds. The summed E-state index contributed by atoms with van der Waals surface area (Å²) in [6.07, 6.45) is 5.55. The van der Waals surface area contributed by atoms with E-state index < -0.39 is 0 Å². The van der Waals surface area contributed by atoms with E-state index in [-0.39, 0.29) is 11.9 Å². The Bertz CT molecular complexity index is 640. The lowest BCUT2D eigenvalue weighted by atomic mass is 10.2. The van der Waals surface area contributed by atoms with Crippen LogP contribution in [0.3, 0.4) is 0 Å². The molecule has 2 aromatic rings. The maximum absolute atomic E-state index is 12.7. The van der Waals surface area contributed by atoms with Crippen molar-refractivity contribution in [3.63, 3.8) is 0 Å². The predicted molar refractivity (Wildman–Crippen MR) is 76.2 cm³/mol. The van der Waals surface area contributed by atoms with Crippen LogP contribution in [-0.2, 0) is 13.1 Å². The fourth-order valence-electron chi connectivity index (χ4n) is 2.61. The molecule has 0 saturated carbocycles. The van der Waals surface area contributed by atoms with Crippen LogP contribution in [0.1, 0.15) is 36.2 Å². The van der Waals surface area contributed by atoms with Gasteiger partial charge in [0.05, 0.1) is 12.2 Å². The zero-order valence-electron chi connectivity index (χ0n) is 11.8. The standard InChI is InChI=1S/C14H19N5O/c1-10(2)19-8-11(15)7-12(19)14(20)18-6-5-17-4-3-16-13(17)9-18/h3-4,7-8,10H,5-6,9,15H2,1-2H3. The lowest BCUT2D eigenvalue weighted by Gasteiger charge is -2.28. The topological polar surface area (TPSA) is 69.1 Å². The molecule has 0 saturated heterocycles. The summed E-state index contributed by atoms with van der Waals surface area (Å²) in [4.78, 5) is 18.8. The summed E-state index contributed by atoms with van der Waals surface area (Å²) in [6.45, 7) is 6.12. The first-order chi connectivity index (χ1) is 9.56. The molecule has 3 heterocycles. The van der Waals surface area contributed by atoms with Crippen molar-refractivity contribution < 1.29 is 4.79 Å². The van der Waals surface area contributed by atoms with Gasteiger partial charge < -0.3 is 19.8 Å². The molecule has 106 valence electrons. The van der Waals surface area contributed by atoms with Crippen LogP contribution in [0, 0.1) is 0 Å². The highest BCUT2D eigenvalue weighted by Gasteiger charge is 2.25. The first-order valence-corrected chi connectivity index (χ1v) is 6.83.